The van der Waals surface area contributed by atoms with E-state index in [1.54, 1.807) is 12.1 Å². The maximum Gasteiger partial charge on any atom is 0.251 e. The topological polar surface area (TPSA) is 52.3 Å². The Hall–Kier alpha value is -2.08. The van der Waals surface area contributed by atoms with Crippen LogP contribution in [0.3, 0.4) is 0 Å². The van der Waals surface area contributed by atoms with Gasteiger partial charge in [0.1, 0.15) is 5.82 Å². The van der Waals surface area contributed by atoms with Gasteiger partial charge in [0.25, 0.3) is 5.56 Å². The van der Waals surface area contributed by atoms with Gasteiger partial charge in [0.05, 0.1) is 31.1 Å². The molecule has 1 atom stereocenters. The van der Waals surface area contributed by atoms with E-state index in [-0.39, 0.29) is 17.2 Å². The van der Waals surface area contributed by atoms with Crippen molar-refractivity contribution in [2.24, 2.45) is 0 Å². The summed E-state index contributed by atoms with van der Waals surface area (Å²) in [7, 11) is 1.44. The van der Waals surface area contributed by atoms with Crippen LogP contribution in [0.2, 0.25) is 5.02 Å². The SMILES string of the molecule is CC(c1cccc(Cl)c1)n1cc(F)c(-c2cn(SI)c3ncc(N4CCOCC4)cc23)cc1=O. The number of hydrogen-bond acceptors (Lipinski definition) is 5. The van der Waals surface area contributed by atoms with Crippen molar-refractivity contribution in [2.45, 2.75) is 13.0 Å². The van der Waals surface area contributed by atoms with Crippen LogP contribution in [0.1, 0.15) is 18.5 Å². The highest BCUT2D eigenvalue weighted by atomic mass is 127. The Bertz CT molecular complexity index is 1420. The quantitative estimate of drug-likeness (QED) is 0.262. The van der Waals surface area contributed by atoms with Gasteiger partial charge in [-0.1, -0.05) is 23.7 Å². The van der Waals surface area contributed by atoms with Gasteiger partial charge in [0.15, 0.2) is 5.65 Å². The number of hydrogen-bond donors (Lipinski definition) is 0. The molecule has 0 saturated carbocycles. The second kappa shape index (κ2) is 9.88. The molecule has 1 aromatic carbocycles. The van der Waals surface area contributed by atoms with Gasteiger partial charge in [-0.05, 0) is 30.7 Å². The molecule has 0 N–H and O–H groups in total. The molecule has 1 unspecified atom stereocenters. The number of benzene rings is 1. The molecule has 1 aliphatic heterocycles. The minimum Gasteiger partial charge on any atom is -0.378 e. The molecule has 0 amide bonds. The zero-order valence-electron chi connectivity index (χ0n) is 18.2. The lowest BCUT2D eigenvalue weighted by molar-refractivity contribution is 0.122. The summed E-state index contributed by atoms with van der Waals surface area (Å²) >= 11 is 8.28. The van der Waals surface area contributed by atoms with Gasteiger partial charge in [-0.2, -0.15) is 0 Å². The van der Waals surface area contributed by atoms with Gasteiger partial charge < -0.3 is 14.2 Å². The Kier molecular flexibility index (Phi) is 6.88. The summed E-state index contributed by atoms with van der Waals surface area (Å²) in [6.07, 6.45) is 4.95. The average Bonchev–Trinajstić information content (AvgIpc) is 3.23. The molecule has 4 aromatic rings. The van der Waals surface area contributed by atoms with Crippen LogP contribution in [0.5, 0.6) is 0 Å². The maximum absolute atomic E-state index is 15.5. The van der Waals surface area contributed by atoms with Gasteiger partial charge in [0, 0.05) is 83.4 Å². The Morgan fingerprint density at radius 2 is 1.97 bits per heavy atom. The summed E-state index contributed by atoms with van der Waals surface area (Å²) in [6.45, 7) is 4.72. The van der Waals surface area contributed by atoms with Crippen LogP contribution in [0.15, 0.2) is 59.8 Å². The molecule has 6 nitrogen and oxygen atoms in total. The molecule has 0 spiro atoms. The fourth-order valence-electron chi connectivity index (χ4n) is 4.29. The third kappa shape index (κ3) is 4.46. The van der Waals surface area contributed by atoms with Crippen LogP contribution in [0, 0.1) is 5.82 Å². The molecule has 3 aromatic heterocycles. The molecular weight excluding hydrogens is 590 g/mol. The largest absolute Gasteiger partial charge is 0.378 e. The van der Waals surface area contributed by atoms with Crippen molar-refractivity contribution in [2.75, 3.05) is 31.2 Å². The van der Waals surface area contributed by atoms with Gasteiger partial charge in [-0.15, -0.1) is 0 Å². The van der Waals surface area contributed by atoms with Crippen LogP contribution < -0.4 is 10.5 Å². The molecule has 0 bridgehead atoms. The summed E-state index contributed by atoms with van der Waals surface area (Å²) in [5.74, 6) is -0.470. The van der Waals surface area contributed by atoms with Crippen molar-refractivity contribution in [1.29, 1.82) is 0 Å². The number of ether oxygens (including phenoxy) is 1. The fraction of sp³-hybridized carbons (Fsp3) is 0.250. The number of aromatic nitrogens is 3. The zero-order valence-corrected chi connectivity index (χ0v) is 22.0. The Labute approximate surface area is 217 Å². The van der Waals surface area contributed by atoms with Crippen LogP contribution in [0.4, 0.5) is 10.1 Å². The summed E-state index contributed by atoms with van der Waals surface area (Å²) in [6, 6.07) is 10.3. The second-order valence-corrected chi connectivity index (χ2v) is 10.3. The van der Waals surface area contributed by atoms with Gasteiger partial charge in [-0.25, -0.2) is 9.37 Å². The summed E-state index contributed by atoms with van der Waals surface area (Å²) < 4.78 is 24.3. The molecule has 10 heteroatoms. The summed E-state index contributed by atoms with van der Waals surface area (Å²) in [5, 5.41) is 1.37. The lowest BCUT2D eigenvalue weighted by Gasteiger charge is -2.28. The maximum atomic E-state index is 15.5. The lowest BCUT2D eigenvalue weighted by atomic mass is 10.0. The fourth-order valence-corrected chi connectivity index (χ4v) is 5.74. The highest BCUT2D eigenvalue weighted by molar-refractivity contribution is 14.2. The minimum atomic E-state index is -0.470. The number of nitrogens with zero attached hydrogens (tertiary/aromatic N) is 4. The molecule has 0 aliphatic carbocycles. The summed E-state index contributed by atoms with van der Waals surface area (Å²) in [4.78, 5) is 20.0. The van der Waals surface area contributed by atoms with E-state index in [1.807, 2.05) is 41.5 Å². The molecule has 1 saturated heterocycles. The molecule has 4 heterocycles. The number of halogens is 3. The monoisotopic (exact) mass is 610 g/mol. The average molecular weight is 611 g/mol. The van der Waals surface area contributed by atoms with E-state index in [4.69, 9.17) is 16.3 Å². The molecular formula is C24H21ClFIN4O2S. The Morgan fingerprint density at radius 1 is 1.18 bits per heavy atom. The van der Waals surface area contributed by atoms with Crippen LogP contribution in [0.25, 0.3) is 22.2 Å². The predicted molar refractivity (Wildman–Crippen MR) is 145 cm³/mol. The predicted octanol–water partition coefficient (Wildman–Crippen LogP) is 5.95. The molecule has 5 rings (SSSR count). The van der Waals surface area contributed by atoms with Crippen molar-refractivity contribution >= 4 is 58.6 Å². The first kappa shape index (κ1) is 23.7. The number of rotatable bonds is 5. The van der Waals surface area contributed by atoms with E-state index in [1.165, 1.54) is 25.9 Å². The third-order valence-electron chi connectivity index (χ3n) is 6.12. The van der Waals surface area contributed by atoms with E-state index in [9.17, 15) is 4.79 Å². The standard InChI is InChI=1S/C24H21ClFIN4O2S/c1-15(16-3-2-4-17(25)9-16)30-14-22(26)19(11-23(30)32)21-13-31(34-27)24-20(21)10-18(12-28-24)29-5-7-33-8-6-29/h2-4,9-15H,5-8H2,1H3. The molecule has 1 aliphatic rings. The number of fused-ring (bicyclic) bond motifs is 1. The van der Waals surface area contributed by atoms with Crippen LogP contribution >= 0.6 is 41.9 Å². The van der Waals surface area contributed by atoms with E-state index < -0.39 is 5.82 Å². The van der Waals surface area contributed by atoms with Crippen LogP contribution in [-0.2, 0) is 4.74 Å². The summed E-state index contributed by atoms with van der Waals surface area (Å²) in [5.41, 5.74) is 3.12. The smallest absolute Gasteiger partial charge is 0.251 e. The Morgan fingerprint density at radius 3 is 2.71 bits per heavy atom. The lowest BCUT2D eigenvalue weighted by Crippen LogP contribution is -2.36. The second-order valence-electron chi connectivity index (χ2n) is 8.11. The number of morpholine rings is 1. The highest BCUT2D eigenvalue weighted by Crippen LogP contribution is 2.36. The zero-order chi connectivity index (χ0) is 23.8. The van der Waals surface area contributed by atoms with E-state index >= 15 is 4.39 Å². The van der Waals surface area contributed by atoms with Crippen molar-refractivity contribution < 1.29 is 9.13 Å². The highest BCUT2D eigenvalue weighted by Gasteiger charge is 2.20. The van der Waals surface area contributed by atoms with E-state index in [2.05, 4.69) is 31.1 Å². The molecule has 0 radical (unpaired) electrons. The van der Waals surface area contributed by atoms with Crippen molar-refractivity contribution in [3.63, 3.8) is 0 Å². The van der Waals surface area contributed by atoms with Crippen molar-refractivity contribution in [3.8, 4) is 11.1 Å². The van der Waals surface area contributed by atoms with Crippen molar-refractivity contribution in [3.05, 3.63) is 81.7 Å². The van der Waals surface area contributed by atoms with Crippen molar-refractivity contribution in [1.82, 2.24) is 13.5 Å². The molecule has 176 valence electrons. The van der Waals surface area contributed by atoms with Gasteiger partial charge in [-0.3, -0.25) is 8.77 Å². The first-order chi connectivity index (χ1) is 16.5. The van der Waals surface area contributed by atoms with Gasteiger partial charge >= 0.3 is 0 Å². The first-order valence-corrected chi connectivity index (χ1v) is 14.5. The minimum absolute atomic E-state index is 0.259. The number of anilines is 1. The first-order valence-electron chi connectivity index (χ1n) is 10.8. The number of pyridine rings is 2. The van der Waals surface area contributed by atoms with Crippen LogP contribution in [-0.4, -0.2) is 39.8 Å². The molecule has 34 heavy (non-hydrogen) atoms. The van der Waals surface area contributed by atoms with E-state index in [0.717, 1.165) is 35.4 Å². The normalized spacial score (nSPS) is 15.1. The Balaban J connectivity index is 1.60. The third-order valence-corrected chi connectivity index (χ3v) is 8.05. The van der Waals surface area contributed by atoms with E-state index in [0.29, 0.717) is 23.8 Å². The van der Waals surface area contributed by atoms with Gasteiger partial charge in [0.2, 0.25) is 0 Å². The molecule has 1 fully saturated rings.